The van der Waals surface area contributed by atoms with E-state index >= 15 is 0 Å². The van der Waals surface area contributed by atoms with Crippen molar-refractivity contribution in [1.82, 2.24) is 14.8 Å². The van der Waals surface area contributed by atoms with Crippen LogP contribution in [0.1, 0.15) is 35.2 Å². The third-order valence-electron chi connectivity index (χ3n) is 7.23. The molecule has 2 aliphatic rings. The van der Waals surface area contributed by atoms with Gasteiger partial charge in [-0.25, -0.2) is 0 Å². The number of likely N-dealkylation sites (tertiary alicyclic amines) is 1. The van der Waals surface area contributed by atoms with Gasteiger partial charge in [0.2, 0.25) is 0 Å². The first-order valence-electron chi connectivity index (χ1n) is 12.9. The number of amides is 1. The number of carbonyl (C=O) groups is 1. The number of nitrogens with zero attached hydrogens (tertiary/aromatic N) is 3. The zero-order chi connectivity index (χ0) is 23.9. The van der Waals surface area contributed by atoms with Gasteiger partial charge in [-0.2, -0.15) is 0 Å². The van der Waals surface area contributed by atoms with Gasteiger partial charge in [-0.3, -0.25) is 14.7 Å². The molecule has 6 nitrogen and oxygen atoms in total. The van der Waals surface area contributed by atoms with E-state index in [1.165, 1.54) is 16.3 Å². The summed E-state index contributed by atoms with van der Waals surface area (Å²) in [6.45, 7) is 6.62. The Morgan fingerprint density at radius 3 is 2.83 bits per heavy atom. The lowest BCUT2D eigenvalue weighted by Crippen LogP contribution is -2.38. The zero-order valence-corrected chi connectivity index (χ0v) is 20.4. The predicted octanol–water partition coefficient (Wildman–Crippen LogP) is 4.43. The molecule has 2 saturated heterocycles. The van der Waals surface area contributed by atoms with Crippen LogP contribution in [0.3, 0.4) is 0 Å². The predicted molar refractivity (Wildman–Crippen MR) is 138 cm³/mol. The Balaban J connectivity index is 1.14. The van der Waals surface area contributed by atoms with Crippen molar-refractivity contribution in [2.45, 2.75) is 25.7 Å². The van der Waals surface area contributed by atoms with Crippen LogP contribution in [0.4, 0.5) is 0 Å². The Morgan fingerprint density at radius 2 is 1.91 bits per heavy atom. The minimum Gasteiger partial charge on any atom is -0.492 e. The summed E-state index contributed by atoms with van der Waals surface area (Å²) < 4.78 is 11.4. The average molecular weight is 474 g/mol. The molecule has 0 aliphatic carbocycles. The van der Waals surface area contributed by atoms with E-state index in [1.54, 1.807) is 0 Å². The molecule has 2 aromatic carbocycles. The second kappa shape index (κ2) is 11.6. The molecule has 35 heavy (non-hydrogen) atoms. The highest BCUT2D eigenvalue weighted by Gasteiger charge is 2.22. The number of aromatic nitrogens is 1. The van der Waals surface area contributed by atoms with Gasteiger partial charge in [0, 0.05) is 56.1 Å². The fourth-order valence-corrected chi connectivity index (χ4v) is 5.18. The molecule has 1 aromatic heterocycles. The number of carbonyl (C=O) groups excluding carboxylic acids is 1. The van der Waals surface area contributed by atoms with Crippen LogP contribution in [0.5, 0.6) is 5.75 Å². The van der Waals surface area contributed by atoms with Crippen LogP contribution in [0, 0.1) is 5.92 Å². The van der Waals surface area contributed by atoms with Gasteiger partial charge >= 0.3 is 0 Å². The third kappa shape index (κ3) is 6.38. The normalized spacial score (nSPS) is 19.4. The second-order valence-corrected chi connectivity index (χ2v) is 9.68. The number of pyridine rings is 1. The Bertz CT molecular complexity index is 1130. The largest absolute Gasteiger partial charge is 0.492 e. The molecule has 5 rings (SSSR count). The fourth-order valence-electron chi connectivity index (χ4n) is 5.18. The van der Waals surface area contributed by atoms with E-state index in [0.717, 1.165) is 82.9 Å². The van der Waals surface area contributed by atoms with Crippen LogP contribution in [0.15, 0.2) is 60.9 Å². The lowest BCUT2D eigenvalue weighted by molar-refractivity contribution is 0.0322. The van der Waals surface area contributed by atoms with Crippen molar-refractivity contribution in [2.75, 3.05) is 52.5 Å². The Labute approximate surface area is 207 Å². The lowest BCUT2D eigenvalue weighted by Gasteiger charge is -2.26. The Hall–Kier alpha value is -2.96. The van der Waals surface area contributed by atoms with Gasteiger partial charge in [-0.1, -0.05) is 24.3 Å². The second-order valence-electron chi connectivity index (χ2n) is 9.68. The fraction of sp³-hybridized carbons (Fsp3) is 0.448. The van der Waals surface area contributed by atoms with E-state index in [0.29, 0.717) is 12.5 Å². The summed E-state index contributed by atoms with van der Waals surface area (Å²) >= 11 is 0. The van der Waals surface area contributed by atoms with Crippen molar-refractivity contribution in [1.29, 1.82) is 0 Å². The molecular weight excluding hydrogens is 438 g/mol. The topological polar surface area (TPSA) is 54.9 Å². The van der Waals surface area contributed by atoms with Crippen molar-refractivity contribution in [3.05, 3.63) is 72.1 Å². The molecule has 2 fully saturated rings. The summed E-state index contributed by atoms with van der Waals surface area (Å²) in [6.07, 6.45) is 8.07. The molecule has 0 N–H and O–H groups in total. The number of ether oxygens (including phenoxy) is 2. The number of benzene rings is 2. The maximum atomic E-state index is 13.3. The minimum atomic E-state index is 0.113. The Kier molecular flexibility index (Phi) is 7.91. The van der Waals surface area contributed by atoms with Crippen molar-refractivity contribution >= 4 is 16.7 Å². The number of fused-ring (bicyclic) bond motifs is 1. The maximum absolute atomic E-state index is 13.3. The first kappa shape index (κ1) is 23.8. The SMILES string of the molecule is O=C(c1cccc(OCCN2CCOCC2)c1)N1CCC[C@H](Cc2ccc3cnccc3c2)CC1. The summed E-state index contributed by atoms with van der Waals surface area (Å²) in [6, 6.07) is 16.4. The molecule has 184 valence electrons. The molecule has 0 saturated carbocycles. The molecule has 0 spiro atoms. The highest BCUT2D eigenvalue weighted by atomic mass is 16.5. The first-order chi connectivity index (χ1) is 17.2. The zero-order valence-electron chi connectivity index (χ0n) is 20.4. The Morgan fingerprint density at radius 1 is 1.00 bits per heavy atom. The molecule has 1 atom stereocenters. The van der Waals surface area contributed by atoms with E-state index < -0.39 is 0 Å². The van der Waals surface area contributed by atoms with E-state index in [4.69, 9.17) is 9.47 Å². The van der Waals surface area contributed by atoms with Crippen LogP contribution >= 0.6 is 0 Å². The molecule has 0 unspecified atom stereocenters. The molecule has 2 aliphatic heterocycles. The molecule has 3 heterocycles. The van der Waals surface area contributed by atoms with Crippen LogP contribution < -0.4 is 4.74 Å². The van der Waals surface area contributed by atoms with Crippen molar-refractivity contribution < 1.29 is 14.3 Å². The third-order valence-corrected chi connectivity index (χ3v) is 7.23. The van der Waals surface area contributed by atoms with Gasteiger partial charge in [0.15, 0.2) is 0 Å². The number of rotatable bonds is 7. The van der Waals surface area contributed by atoms with E-state index in [-0.39, 0.29) is 5.91 Å². The van der Waals surface area contributed by atoms with Gasteiger partial charge < -0.3 is 14.4 Å². The van der Waals surface area contributed by atoms with Gasteiger partial charge in [0.05, 0.1) is 13.2 Å². The quantitative estimate of drug-likeness (QED) is 0.508. The van der Waals surface area contributed by atoms with Crippen molar-refractivity contribution in [2.24, 2.45) is 5.92 Å². The highest BCUT2D eigenvalue weighted by molar-refractivity contribution is 5.94. The summed E-state index contributed by atoms with van der Waals surface area (Å²) in [5, 5.41) is 2.43. The summed E-state index contributed by atoms with van der Waals surface area (Å²) in [5.41, 5.74) is 2.09. The smallest absolute Gasteiger partial charge is 0.253 e. The van der Waals surface area contributed by atoms with E-state index in [9.17, 15) is 4.79 Å². The summed E-state index contributed by atoms with van der Waals surface area (Å²) in [7, 11) is 0. The molecule has 0 bridgehead atoms. The molecule has 3 aromatic rings. The summed E-state index contributed by atoms with van der Waals surface area (Å²) in [4.78, 5) is 21.9. The molecular formula is C29H35N3O3. The number of hydrogen-bond acceptors (Lipinski definition) is 5. The highest BCUT2D eigenvalue weighted by Crippen LogP contribution is 2.25. The van der Waals surface area contributed by atoms with E-state index in [2.05, 4.69) is 34.1 Å². The van der Waals surface area contributed by atoms with Crippen LogP contribution in [-0.4, -0.2) is 73.2 Å². The maximum Gasteiger partial charge on any atom is 0.253 e. The number of morpholine rings is 1. The monoisotopic (exact) mass is 473 g/mol. The van der Waals surface area contributed by atoms with E-state index in [1.807, 2.05) is 41.6 Å². The van der Waals surface area contributed by atoms with Crippen LogP contribution in [0.25, 0.3) is 10.8 Å². The molecule has 1 amide bonds. The van der Waals surface area contributed by atoms with Crippen molar-refractivity contribution in [3.63, 3.8) is 0 Å². The van der Waals surface area contributed by atoms with Gasteiger partial charge in [0.1, 0.15) is 12.4 Å². The standard InChI is InChI=1S/C29H35N3O3/c33-29(26-4-1-5-28(21-26)35-18-15-31-13-16-34-17-14-31)32-11-2-3-23(9-12-32)19-24-6-7-27-22-30-10-8-25(27)20-24/h1,4-8,10,20-23H,2-3,9,11-19H2/t23-/m0/s1. The first-order valence-corrected chi connectivity index (χ1v) is 12.9. The van der Waals surface area contributed by atoms with Gasteiger partial charge in [-0.15, -0.1) is 0 Å². The minimum absolute atomic E-state index is 0.113. The van der Waals surface area contributed by atoms with Crippen molar-refractivity contribution in [3.8, 4) is 5.75 Å². The van der Waals surface area contributed by atoms with Crippen LogP contribution in [-0.2, 0) is 11.2 Å². The average Bonchev–Trinajstić information content (AvgIpc) is 3.14. The summed E-state index contributed by atoms with van der Waals surface area (Å²) in [5.74, 6) is 1.48. The lowest BCUT2D eigenvalue weighted by atomic mass is 9.92. The van der Waals surface area contributed by atoms with Crippen LogP contribution in [0.2, 0.25) is 0 Å². The van der Waals surface area contributed by atoms with Gasteiger partial charge in [0.25, 0.3) is 5.91 Å². The molecule has 6 heteroatoms. The van der Waals surface area contributed by atoms with Gasteiger partial charge in [-0.05, 0) is 66.8 Å². The number of hydrogen-bond donors (Lipinski definition) is 0. The molecule has 0 radical (unpaired) electrons.